The van der Waals surface area contributed by atoms with Gasteiger partial charge in [0.2, 0.25) is 0 Å². The molecule has 1 amide bonds. The first-order valence-corrected chi connectivity index (χ1v) is 7.34. The van der Waals surface area contributed by atoms with Crippen LogP contribution in [-0.2, 0) is 4.79 Å². The summed E-state index contributed by atoms with van der Waals surface area (Å²) in [6, 6.07) is 12.7. The molecule has 1 unspecified atom stereocenters. The number of aryl methyl sites for hydroxylation is 1. The summed E-state index contributed by atoms with van der Waals surface area (Å²) in [5.74, 6) is 0.458. The molecule has 0 saturated heterocycles. The largest absolute Gasteiger partial charge is 0.481 e. The summed E-state index contributed by atoms with van der Waals surface area (Å²) in [5, 5.41) is 2.78. The second-order valence-electron chi connectivity index (χ2n) is 4.78. The van der Waals surface area contributed by atoms with Crippen molar-refractivity contribution in [3.05, 3.63) is 52.5 Å². The fourth-order valence-electron chi connectivity index (χ4n) is 1.81. The molecule has 0 saturated carbocycles. The number of carbonyl (C=O) groups is 1. The van der Waals surface area contributed by atoms with E-state index >= 15 is 0 Å². The third-order valence-corrected chi connectivity index (χ3v) is 3.47. The number of benzene rings is 2. The van der Waals surface area contributed by atoms with Gasteiger partial charge in [-0.2, -0.15) is 0 Å². The van der Waals surface area contributed by atoms with Crippen LogP contribution in [0.4, 0.5) is 11.4 Å². The zero-order chi connectivity index (χ0) is 15.4. The Hall–Kier alpha value is -2.01. The Morgan fingerprint density at radius 2 is 2.05 bits per heavy atom. The fourth-order valence-corrected chi connectivity index (χ4v) is 2.15. The molecule has 0 aliphatic carbocycles. The Bertz CT molecular complexity index is 658. The molecule has 0 aromatic heterocycles. The Morgan fingerprint density at radius 3 is 2.76 bits per heavy atom. The summed E-state index contributed by atoms with van der Waals surface area (Å²) in [7, 11) is 0. The molecule has 0 aliphatic rings. The Labute approximate surface area is 132 Å². The molecule has 3 N–H and O–H groups in total. The number of nitrogen functional groups attached to an aromatic ring is 1. The van der Waals surface area contributed by atoms with Gasteiger partial charge in [0.1, 0.15) is 5.75 Å². The van der Waals surface area contributed by atoms with Crippen LogP contribution in [-0.4, -0.2) is 12.0 Å². The first kappa shape index (κ1) is 15.4. The van der Waals surface area contributed by atoms with Crippen LogP contribution in [0.5, 0.6) is 5.75 Å². The highest BCUT2D eigenvalue weighted by atomic mass is 79.9. The molecule has 2 aromatic carbocycles. The van der Waals surface area contributed by atoms with E-state index in [9.17, 15) is 4.79 Å². The van der Waals surface area contributed by atoms with Gasteiger partial charge < -0.3 is 15.8 Å². The van der Waals surface area contributed by atoms with Gasteiger partial charge in [-0.25, -0.2) is 0 Å². The van der Waals surface area contributed by atoms with Gasteiger partial charge in [-0.15, -0.1) is 0 Å². The molecule has 0 radical (unpaired) electrons. The molecule has 0 bridgehead atoms. The first-order valence-electron chi connectivity index (χ1n) is 6.55. The van der Waals surface area contributed by atoms with Crippen LogP contribution in [0, 0.1) is 6.92 Å². The third kappa shape index (κ3) is 4.23. The lowest BCUT2D eigenvalue weighted by Gasteiger charge is -2.16. The van der Waals surface area contributed by atoms with E-state index in [0.717, 1.165) is 10.0 Å². The highest BCUT2D eigenvalue weighted by molar-refractivity contribution is 9.10. The van der Waals surface area contributed by atoms with Gasteiger partial charge in [0.05, 0.1) is 0 Å². The van der Waals surface area contributed by atoms with E-state index < -0.39 is 6.10 Å². The van der Waals surface area contributed by atoms with E-state index in [1.54, 1.807) is 31.2 Å². The molecule has 0 heterocycles. The minimum absolute atomic E-state index is 0.222. The number of carbonyl (C=O) groups excluding carboxylic acids is 1. The van der Waals surface area contributed by atoms with Gasteiger partial charge in [0, 0.05) is 15.8 Å². The fraction of sp³-hybridized carbons (Fsp3) is 0.188. The summed E-state index contributed by atoms with van der Waals surface area (Å²) in [6.07, 6.45) is -0.612. The van der Waals surface area contributed by atoms with Crippen LogP contribution >= 0.6 is 15.9 Å². The smallest absolute Gasteiger partial charge is 0.265 e. The molecule has 21 heavy (non-hydrogen) atoms. The number of hydrogen-bond donors (Lipinski definition) is 2. The maximum Gasteiger partial charge on any atom is 0.265 e. The number of rotatable bonds is 4. The Kier molecular flexibility index (Phi) is 4.85. The molecule has 5 heteroatoms. The lowest BCUT2D eigenvalue weighted by atomic mass is 10.2. The SMILES string of the molecule is Cc1ccc(Br)cc1OC(C)C(=O)Nc1cccc(N)c1. The second-order valence-corrected chi connectivity index (χ2v) is 5.70. The molecule has 0 aliphatic heterocycles. The molecule has 0 fully saturated rings. The second kappa shape index (κ2) is 6.63. The summed E-state index contributed by atoms with van der Waals surface area (Å²) >= 11 is 3.39. The number of ether oxygens (including phenoxy) is 1. The quantitative estimate of drug-likeness (QED) is 0.827. The average Bonchev–Trinajstić information content (AvgIpc) is 2.43. The van der Waals surface area contributed by atoms with Crippen LogP contribution in [0.15, 0.2) is 46.9 Å². The summed E-state index contributed by atoms with van der Waals surface area (Å²) in [5.41, 5.74) is 7.91. The topological polar surface area (TPSA) is 64.3 Å². The van der Waals surface area contributed by atoms with E-state index in [4.69, 9.17) is 10.5 Å². The maximum atomic E-state index is 12.1. The zero-order valence-corrected chi connectivity index (χ0v) is 13.5. The van der Waals surface area contributed by atoms with Crippen LogP contribution < -0.4 is 15.8 Å². The molecular weight excluding hydrogens is 332 g/mol. The average molecular weight is 349 g/mol. The van der Waals surface area contributed by atoms with Crippen LogP contribution in [0.1, 0.15) is 12.5 Å². The van der Waals surface area contributed by atoms with Crippen LogP contribution in [0.3, 0.4) is 0 Å². The Morgan fingerprint density at radius 1 is 1.29 bits per heavy atom. The minimum atomic E-state index is -0.612. The number of halogens is 1. The van der Waals surface area contributed by atoms with Crippen molar-refractivity contribution in [2.24, 2.45) is 0 Å². The van der Waals surface area contributed by atoms with Gasteiger partial charge >= 0.3 is 0 Å². The minimum Gasteiger partial charge on any atom is -0.481 e. The molecule has 2 aromatic rings. The maximum absolute atomic E-state index is 12.1. The van der Waals surface area contributed by atoms with Gasteiger partial charge in [-0.3, -0.25) is 4.79 Å². The summed E-state index contributed by atoms with van der Waals surface area (Å²) < 4.78 is 6.63. The van der Waals surface area contributed by atoms with Crippen LogP contribution in [0.25, 0.3) is 0 Å². The lowest BCUT2D eigenvalue weighted by Crippen LogP contribution is -2.30. The highest BCUT2D eigenvalue weighted by Gasteiger charge is 2.16. The van der Waals surface area contributed by atoms with Gasteiger partial charge in [-0.1, -0.05) is 28.1 Å². The molecule has 2 rings (SSSR count). The normalized spacial score (nSPS) is 11.8. The van der Waals surface area contributed by atoms with E-state index in [1.807, 2.05) is 25.1 Å². The van der Waals surface area contributed by atoms with Gasteiger partial charge in [0.25, 0.3) is 5.91 Å². The van der Waals surface area contributed by atoms with Crippen LogP contribution in [0.2, 0.25) is 0 Å². The molecule has 0 spiro atoms. The predicted molar refractivity (Wildman–Crippen MR) is 88.5 cm³/mol. The van der Waals surface area contributed by atoms with Crippen molar-refractivity contribution in [2.45, 2.75) is 20.0 Å². The zero-order valence-electron chi connectivity index (χ0n) is 11.9. The van der Waals surface area contributed by atoms with E-state index in [-0.39, 0.29) is 5.91 Å². The molecule has 1 atom stereocenters. The van der Waals surface area contributed by atoms with Crippen molar-refractivity contribution >= 4 is 33.2 Å². The number of hydrogen-bond acceptors (Lipinski definition) is 3. The van der Waals surface area contributed by atoms with E-state index in [1.165, 1.54) is 0 Å². The monoisotopic (exact) mass is 348 g/mol. The van der Waals surface area contributed by atoms with Crippen molar-refractivity contribution in [1.29, 1.82) is 0 Å². The molecule has 110 valence electrons. The first-order chi connectivity index (χ1) is 9.95. The number of amides is 1. The number of anilines is 2. The third-order valence-electron chi connectivity index (χ3n) is 2.98. The lowest BCUT2D eigenvalue weighted by molar-refractivity contribution is -0.122. The van der Waals surface area contributed by atoms with Crippen molar-refractivity contribution in [3.63, 3.8) is 0 Å². The number of nitrogens with two attached hydrogens (primary N) is 1. The predicted octanol–water partition coefficient (Wildman–Crippen LogP) is 3.75. The van der Waals surface area contributed by atoms with Crippen molar-refractivity contribution in [3.8, 4) is 5.75 Å². The van der Waals surface area contributed by atoms with Gasteiger partial charge in [-0.05, 0) is 49.7 Å². The van der Waals surface area contributed by atoms with E-state index in [0.29, 0.717) is 17.1 Å². The van der Waals surface area contributed by atoms with Gasteiger partial charge in [0.15, 0.2) is 6.10 Å². The number of nitrogens with one attached hydrogen (secondary N) is 1. The standard InChI is InChI=1S/C16H17BrN2O2/c1-10-6-7-12(17)8-15(10)21-11(2)16(20)19-14-5-3-4-13(18)9-14/h3-9,11H,18H2,1-2H3,(H,19,20). The van der Waals surface area contributed by atoms with Crippen molar-refractivity contribution < 1.29 is 9.53 Å². The summed E-state index contributed by atoms with van der Waals surface area (Å²) in [4.78, 5) is 12.1. The van der Waals surface area contributed by atoms with E-state index in [2.05, 4.69) is 21.2 Å². The molecule has 4 nitrogen and oxygen atoms in total. The van der Waals surface area contributed by atoms with Crippen molar-refractivity contribution in [1.82, 2.24) is 0 Å². The molecular formula is C16H17BrN2O2. The summed E-state index contributed by atoms with van der Waals surface area (Å²) in [6.45, 7) is 3.65. The highest BCUT2D eigenvalue weighted by Crippen LogP contribution is 2.24. The Balaban J connectivity index is 2.04. The van der Waals surface area contributed by atoms with Crippen molar-refractivity contribution in [2.75, 3.05) is 11.1 Å².